The first-order valence-corrected chi connectivity index (χ1v) is 15.8. The molecule has 8 aromatic rings. The molecule has 4 nitrogen and oxygen atoms in total. The summed E-state index contributed by atoms with van der Waals surface area (Å²) in [5.41, 5.74) is 9.50. The van der Waals surface area contributed by atoms with E-state index >= 15 is 0 Å². The van der Waals surface area contributed by atoms with Gasteiger partial charge in [-0.2, -0.15) is 18.8 Å². The van der Waals surface area contributed by atoms with Crippen LogP contribution in [0.2, 0.25) is 0 Å². The van der Waals surface area contributed by atoms with Crippen LogP contribution in [0, 0.1) is 18.8 Å². The topological polar surface area (TPSA) is 23.8 Å². The number of hydrogen-bond acceptors (Lipinski definition) is 3. The second-order valence-electron chi connectivity index (χ2n) is 12.0. The van der Waals surface area contributed by atoms with E-state index in [2.05, 4.69) is 117 Å². The summed E-state index contributed by atoms with van der Waals surface area (Å²) >= 11 is 0. The van der Waals surface area contributed by atoms with Gasteiger partial charge in [0.2, 0.25) is 0 Å². The third kappa shape index (κ3) is 4.65. The van der Waals surface area contributed by atoms with Crippen molar-refractivity contribution in [3.8, 4) is 11.3 Å². The molecule has 10 rings (SSSR count). The standard InChI is InChI=1S/C30H23N3.C11H8N.Ir/c1-2-9-20(8-1)31-19-32(29-15-6-5-14-28(29)31)21-16-17-27-25(18-21)24-12-7-11-23-22-10-3-4-13-26(22)33(27)30(23)24;1-2-6-10(7-3-1)11-8-4-5-9-12-11;/h3-7,10-15,17-20H,1-2,8-9H2;1-6,8-9H;/q-2;-1;+3. The van der Waals surface area contributed by atoms with Crippen molar-refractivity contribution in [2.24, 2.45) is 0 Å². The first-order chi connectivity index (χ1) is 22.3. The first kappa shape index (κ1) is 28.8. The van der Waals surface area contributed by atoms with E-state index in [1.165, 1.54) is 75.2 Å². The van der Waals surface area contributed by atoms with E-state index in [9.17, 15) is 0 Å². The molecule has 5 heteroatoms. The molecule has 2 aliphatic rings. The summed E-state index contributed by atoms with van der Waals surface area (Å²) in [4.78, 5) is 9.05. The summed E-state index contributed by atoms with van der Waals surface area (Å²) in [6.07, 6.45) is 7.00. The van der Waals surface area contributed by atoms with Crippen LogP contribution in [0.15, 0.2) is 128 Å². The molecule has 0 amide bonds. The van der Waals surface area contributed by atoms with Crippen LogP contribution in [0.3, 0.4) is 0 Å². The Morgan fingerprint density at radius 1 is 0.674 bits per heavy atom. The van der Waals surface area contributed by atoms with E-state index in [1.54, 1.807) is 6.20 Å². The molecule has 0 atom stereocenters. The van der Waals surface area contributed by atoms with E-state index in [0.717, 1.165) is 16.9 Å². The molecule has 1 fully saturated rings. The van der Waals surface area contributed by atoms with Gasteiger partial charge in [0.1, 0.15) is 0 Å². The molecular weight excluding hydrogens is 741 g/mol. The number of anilines is 3. The van der Waals surface area contributed by atoms with Gasteiger partial charge in [-0.15, -0.1) is 53.0 Å². The van der Waals surface area contributed by atoms with Crippen molar-refractivity contribution in [2.45, 2.75) is 31.7 Å². The largest absolute Gasteiger partial charge is 3.00 e. The summed E-state index contributed by atoms with van der Waals surface area (Å²) in [5, 5.41) is 5.25. The van der Waals surface area contributed by atoms with Crippen LogP contribution in [0.4, 0.5) is 17.1 Å². The molecule has 0 N–H and O–H groups in total. The van der Waals surface area contributed by atoms with Gasteiger partial charge < -0.3 is 19.2 Å². The monoisotopic (exact) mass is 772 g/mol. The van der Waals surface area contributed by atoms with Crippen LogP contribution in [-0.2, 0) is 20.1 Å². The Kier molecular flexibility index (Phi) is 7.44. The van der Waals surface area contributed by atoms with Crippen molar-refractivity contribution >= 4 is 55.2 Å². The van der Waals surface area contributed by atoms with Crippen molar-refractivity contribution in [3.63, 3.8) is 0 Å². The zero-order valence-electron chi connectivity index (χ0n) is 25.2. The van der Waals surface area contributed by atoms with Gasteiger partial charge in [-0.25, -0.2) is 0 Å². The fourth-order valence-corrected chi connectivity index (χ4v) is 7.37. The van der Waals surface area contributed by atoms with Gasteiger partial charge in [0.05, 0.1) is 0 Å². The second-order valence-corrected chi connectivity index (χ2v) is 12.0. The Bertz CT molecular complexity index is 2230. The number of fused-ring (bicyclic) bond motifs is 7. The molecule has 1 saturated carbocycles. The third-order valence-corrected chi connectivity index (χ3v) is 9.43. The SMILES string of the molecule is [Ir+3].[c-]1cc2c(cc1N1[CH-]N(C3CCCC3)c3ccccc31)c1cccc3c4ccccc4n2c13.[c-]1ccccc1-c1ccccn1. The Hall–Kier alpha value is -4.70. The molecule has 0 radical (unpaired) electrons. The number of rotatable bonds is 3. The fraction of sp³-hybridized carbons (Fsp3) is 0.122. The summed E-state index contributed by atoms with van der Waals surface area (Å²) < 4.78 is 2.42. The number of benzene rings is 5. The summed E-state index contributed by atoms with van der Waals surface area (Å²) in [7, 11) is 0. The van der Waals surface area contributed by atoms with Crippen LogP contribution in [0.1, 0.15) is 25.7 Å². The summed E-state index contributed by atoms with van der Waals surface area (Å²) in [6, 6.07) is 49.8. The predicted molar refractivity (Wildman–Crippen MR) is 186 cm³/mol. The molecule has 224 valence electrons. The molecule has 0 spiro atoms. The van der Waals surface area contributed by atoms with Crippen molar-refractivity contribution in [1.29, 1.82) is 0 Å². The van der Waals surface area contributed by atoms with Gasteiger partial charge in [-0.05, 0) is 48.2 Å². The van der Waals surface area contributed by atoms with Gasteiger partial charge in [-0.1, -0.05) is 79.0 Å². The number of nitrogens with zero attached hydrogens (tertiary/aromatic N) is 4. The Labute approximate surface area is 282 Å². The van der Waals surface area contributed by atoms with Crippen LogP contribution < -0.4 is 9.80 Å². The van der Waals surface area contributed by atoms with Crippen molar-refractivity contribution < 1.29 is 20.1 Å². The zero-order chi connectivity index (χ0) is 29.7. The summed E-state index contributed by atoms with van der Waals surface area (Å²) in [5.74, 6) is 0. The molecule has 4 heterocycles. The van der Waals surface area contributed by atoms with Gasteiger partial charge in [-0.3, -0.25) is 0 Å². The van der Waals surface area contributed by atoms with Crippen molar-refractivity contribution in [3.05, 3.63) is 146 Å². The zero-order valence-corrected chi connectivity index (χ0v) is 27.6. The van der Waals surface area contributed by atoms with Crippen molar-refractivity contribution in [2.75, 3.05) is 9.80 Å². The maximum atomic E-state index is 4.22. The van der Waals surface area contributed by atoms with E-state index in [4.69, 9.17) is 0 Å². The Morgan fingerprint density at radius 3 is 2.22 bits per heavy atom. The van der Waals surface area contributed by atoms with E-state index in [0.29, 0.717) is 6.04 Å². The van der Waals surface area contributed by atoms with Crippen LogP contribution >= 0.6 is 0 Å². The molecular formula is C41H31IrN4. The smallest absolute Gasteiger partial charge is 0.499 e. The quantitative estimate of drug-likeness (QED) is 0.167. The molecule has 1 aliphatic carbocycles. The van der Waals surface area contributed by atoms with Gasteiger partial charge >= 0.3 is 20.1 Å². The molecule has 0 bridgehead atoms. The fourth-order valence-electron chi connectivity index (χ4n) is 7.37. The first-order valence-electron chi connectivity index (χ1n) is 15.8. The minimum atomic E-state index is 0. The molecule has 3 aromatic heterocycles. The van der Waals surface area contributed by atoms with Crippen LogP contribution in [0.25, 0.3) is 49.4 Å². The minimum Gasteiger partial charge on any atom is -0.499 e. The van der Waals surface area contributed by atoms with E-state index < -0.39 is 0 Å². The summed E-state index contributed by atoms with van der Waals surface area (Å²) in [6.45, 7) is 2.31. The van der Waals surface area contributed by atoms with Gasteiger partial charge in [0, 0.05) is 45.4 Å². The maximum absolute atomic E-state index is 4.22. The van der Waals surface area contributed by atoms with Crippen molar-refractivity contribution in [1.82, 2.24) is 9.38 Å². The minimum absolute atomic E-state index is 0. The third-order valence-electron chi connectivity index (χ3n) is 9.43. The number of pyridine rings is 1. The normalized spacial score (nSPS) is 14.6. The molecule has 1 aliphatic heterocycles. The molecule has 0 saturated heterocycles. The molecule has 0 unspecified atom stereocenters. The number of hydrogen-bond donors (Lipinski definition) is 0. The van der Waals surface area contributed by atoms with E-state index in [-0.39, 0.29) is 20.1 Å². The second kappa shape index (κ2) is 11.9. The molecule has 46 heavy (non-hydrogen) atoms. The Balaban J connectivity index is 0.000000204. The number of aromatic nitrogens is 2. The molecule has 5 aromatic carbocycles. The average molecular weight is 772 g/mol. The van der Waals surface area contributed by atoms with Crippen LogP contribution in [-0.4, -0.2) is 15.4 Å². The van der Waals surface area contributed by atoms with Gasteiger partial charge in [0.25, 0.3) is 0 Å². The maximum Gasteiger partial charge on any atom is 3.00 e. The van der Waals surface area contributed by atoms with E-state index in [1.807, 2.05) is 42.5 Å². The number of para-hydroxylation sites is 4. The Morgan fingerprint density at radius 2 is 1.41 bits per heavy atom. The van der Waals surface area contributed by atoms with Crippen LogP contribution in [0.5, 0.6) is 0 Å². The predicted octanol–water partition coefficient (Wildman–Crippen LogP) is 10.2. The van der Waals surface area contributed by atoms with Gasteiger partial charge in [0.15, 0.2) is 0 Å². The average Bonchev–Trinajstić information content (AvgIpc) is 3.91.